The van der Waals surface area contributed by atoms with Crippen molar-refractivity contribution in [2.24, 2.45) is 0 Å². The minimum Gasteiger partial charge on any atom is -0.361 e. The Morgan fingerprint density at radius 2 is 0.789 bits per heavy atom. The van der Waals surface area contributed by atoms with Crippen molar-refractivity contribution >= 4 is 49.4 Å². The number of hydrogen-bond acceptors (Lipinski definition) is 1. The smallest absolute Gasteiger partial charge is 0.193 e. The van der Waals surface area contributed by atoms with E-state index in [0.717, 1.165) is 55.1 Å². The summed E-state index contributed by atoms with van der Waals surface area (Å²) in [4.78, 5) is 27.0. The van der Waals surface area contributed by atoms with Crippen LogP contribution in [0.1, 0.15) is 15.9 Å². The molecule has 180 valence electrons. The van der Waals surface area contributed by atoms with Gasteiger partial charge in [0.2, 0.25) is 0 Å². The molecular weight excluding hydrogens is 468 g/mol. The molecule has 0 aliphatic heterocycles. The molecule has 8 rings (SSSR count). The fourth-order valence-electron chi connectivity index (χ4n) is 5.74. The van der Waals surface area contributed by atoms with Gasteiger partial charge in [0.1, 0.15) is 0 Å². The molecule has 0 fully saturated rings. The van der Waals surface area contributed by atoms with Crippen molar-refractivity contribution in [3.63, 3.8) is 0 Å². The zero-order valence-electron chi connectivity index (χ0n) is 20.3. The summed E-state index contributed by atoms with van der Waals surface area (Å²) in [5, 5.41) is 4.55. The predicted octanol–water partition coefficient (Wildman–Crippen LogP) is 8.18. The first kappa shape index (κ1) is 20.9. The van der Waals surface area contributed by atoms with Crippen molar-refractivity contribution < 1.29 is 4.79 Å². The number of aromatic amines is 4. The normalized spacial score (nSPS) is 11.8. The second kappa shape index (κ2) is 7.85. The molecule has 0 aliphatic rings. The topological polar surface area (TPSA) is 80.2 Å². The number of ketones is 1. The average molecular weight is 491 g/mol. The Kier molecular flexibility index (Phi) is 4.31. The lowest BCUT2D eigenvalue weighted by Gasteiger charge is -2.04. The molecule has 4 N–H and O–H groups in total. The first-order valence-corrected chi connectivity index (χ1v) is 12.6. The number of carbonyl (C=O) groups is 1. The number of hydrogen-bond donors (Lipinski definition) is 4. The molecule has 8 aromatic rings. The summed E-state index contributed by atoms with van der Waals surface area (Å²) in [5.41, 5.74) is 9.95. The number of H-pyrrole nitrogens is 4. The van der Waals surface area contributed by atoms with Gasteiger partial charge in [0, 0.05) is 102 Å². The summed E-state index contributed by atoms with van der Waals surface area (Å²) in [7, 11) is 0. The predicted molar refractivity (Wildman–Crippen MR) is 155 cm³/mol. The number of fused-ring (bicyclic) bond motifs is 4. The second-order valence-corrected chi connectivity index (χ2v) is 9.75. The van der Waals surface area contributed by atoms with Crippen LogP contribution in [0.15, 0.2) is 110 Å². The van der Waals surface area contributed by atoms with E-state index in [4.69, 9.17) is 0 Å². The Balaban J connectivity index is 1.15. The maximum absolute atomic E-state index is 13.5. The van der Waals surface area contributed by atoms with E-state index in [0.29, 0.717) is 11.1 Å². The van der Waals surface area contributed by atoms with Gasteiger partial charge in [0.25, 0.3) is 0 Å². The first-order valence-electron chi connectivity index (χ1n) is 12.6. The van der Waals surface area contributed by atoms with Crippen molar-refractivity contribution in [1.29, 1.82) is 0 Å². The quantitative estimate of drug-likeness (QED) is 0.184. The van der Waals surface area contributed by atoms with Crippen LogP contribution < -0.4 is 0 Å². The molecule has 0 saturated heterocycles. The lowest BCUT2D eigenvalue weighted by atomic mass is 9.98. The van der Waals surface area contributed by atoms with Crippen LogP contribution in [0, 0.1) is 0 Å². The molecule has 0 amide bonds. The van der Waals surface area contributed by atoms with Gasteiger partial charge in [-0.1, -0.05) is 60.7 Å². The fourth-order valence-corrected chi connectivity index (χ4v) is 5.74. The van der Waals surface area contributed by atoms with Crippen molar-refractivity contribution in [2.75, 3.05) is 0 Å². The van der Waals surface area contributed by atoms with Crippen LogP contribution in [0.5, 0.6) is 0 Å². The minimum absolute atomic E-state index is 0.000267. The molecule has 0 unspecified atom stereocenters. The summed E-state index contributed by atoms with van der Waals surface area (Å²) in [5.74, 6) is 0.000267. The van der Waals surface area contributed by atoms with E-state index < -0.39 is 0 Å². The van der Waals surface area contributed by atoms with Crippen molar-refractivity contribution in [3.8, 4) is 22.3 Å². The molecule has 4 aromatic heterocycles. The first-order chi connectivity index (χ1) is 18.7. The second-order valence-electron chi connectivity index (χ2n) is 9.75. The third kappa shape index (κ3) is 3.02. The van der Waals surface area contributed by atoms with Crippen molar-refractivity contribution in [1.82, 2.24) is 19.9 Å². The largest absolute Gasteiger partial charge is 0.361 e. The van der Waals surface area contributed by atoms with Gasteiger partial charge in [0.05, 0.1) is 0 Å². The standard InChI is InChI=1S/C33H22N4O/c38-33(19-9-11-23-27(17-36-31(23)13-19)25-15-34-29-7-3-1-5-21(25)29)20-10-12-24-28(18-37-32(24)14-20)26-16-35-30-8-4-2-6-22(26)30/h1-18,34-37H. The van der Waals surface area contributed by atoms with Crippen molar-refractivity contribution in [3.05, 3.63) is 121 Å². The molecule has 5 nitrogen and oxygen atoms in total. The molecule has 0 saturated carbocycles. The molecule has 0 aliphatic carbocycles. The summed E-state index contributed by atoms with van der Waals surface area (Å²) >= 11 is 0. The zero-order valence-corrected chi connectivity index (χ0v) is 20.3. The maximum atomic E-state index is 13.5. The number of aromatic nitrogens is 4. The van der Waals surface area contributed by atoms with Crippen molar-refractivity contribution in [2.45, 2.75) is 0 Å². The molecule has 4 heterocycles. The van der Waals surface area contributed by atoms with E-state index in [-0.39, 0.29) is 5.78 Å². The monoisotopic (exact) mass is 490 g/mol. The van der Waals surface area contributed by atoms with Gasteiger partial charge in [-0.05, 0) is 24.3 Å². The maximum Gasteiger partial charge on any atom is 0.193 e. The van der Waals surface area contributed by atoms with Crippen LogP contribution in [-0.2, 0) is 0 Å². The van der Waals surface area contributed by atoms with Crippen LogP contribution in [0.4, 0.5) is 0 Å². The fraction of sp³-hybridized carbons (Fsp3) is 0. The number of rotatable bonds is 4. The Hall–Kier alpha value is -5.29. The summed E-state index contributed by atoms with van der Waals surface area (Å²) in [6.07, 6.45) is 8.13. The van der Waals surface area contributed by atoms with Crippen LogP contribution in [-0.4, -0.2) is 25.7 Å². The Morgan fingerprint density at radius 1 is 0.421 bits per heavy atom. The minimum atomic E-state index is 0.000267. The van der Waals surface area contributed by atoms with Crippen LogP contribution in [0.25, 0.3) is 65.9 Å². The molecule has 0 radical (unpaired) electrons. The highest BCUT2D eigenvalue weighted by Gasteiger charge is 2.16. The van der Waals surface area contributed by atoms with Gasteiger partial charge in [0.15, 0.2) is 5.78 Å². The summed E-state index contributed by atoms with van der Waals surface area (Å²) < 4.78 is 0. The summed E-state index contributed by atoms with van der Waals surface area (Å²) in [6.45, 7) is 0. The molecule has 0 spiro atoms. The van der Waals surface area contributed by atoms with Gasteiger partial charge in [-0.3, -0.25) is 4.79 Å². The number of benzene rings is 4. The number of para-hydroxylation sites is 2. The van der Waals surface area contributed by atoms with Crippen LogP contribution in [0.2, 0.25) is 0 Å². The zero-order chi connectivity index (χ0) is 25.2. The lowest BCUT2D eigenvalue weighted by Crippen LogP contribution is -2.01. The highest BCUT2D eigenvalue weighted by Crippen LogP contribution is 2.36. The molecule has 0 atom stereocenters. The number of nitrogens with one attached hydrogen (secondary N) is 4. The SMILES string of the molecule is O=C(c1ccc2c(-c3c[nH]c4ccccc34)c[nH]c2c1)c1ccc2c(-c3c[nH]c4ccccc34)c[nH]c2c1. The molecule has 38 heavy (non-hydrogen) atoms. The van der Waals surface area contributed by atoms with E-state index >= 15 is 0 Å². The molecule has 4 aromatic carbocycles. The van der Waals surface area contributed by atoms with E-state index in [1.54, 1.807) is 0 Å². The molecule has 0 bridgehead atoms. The average Bonchev–Trinajstić information content (AvgIpc) is 3.75. The summed E-state index contributed by atoms with van der Waals surface area (Å²) in [6, 6.07) is 28.4. The Morgan fingerprint density at radius 3 is 1.24 bits per heavy atom. The highest BCUT2D eigenvalue weighted by molar-refractivity contribution is 6.14. The third-order valence-corrected chi connectivity index (χ3v) is 7.65. The van der Waals surface area contributed by atoms with Gasteiger partial charge in [-0.25, -0.2) is 0 Å². The lowest BCUT2D eigenvalue weighted by molar-refractivity contribution is 0.103. The third-order valence-electron chi connectivity index (χ3n) is 7.65. The van der Waals surface area contributed by atoms with Gasteiger partial charge in [-0.15, -0.1) is 0 Å². The van der Waals surface area contributed by atoms with Crippen LogP contribution in [0.3, 0.4) is 0 Å². The Labute approximate surface area is 217 Å². The molecular formula is C33H22N4O. The van der Waals surface area contributed by atoms with E-state index in [2.05, 4.69) is 56.3 Å². The van der Waals surface area contributed by atoms with E-state index in [9.17, 15) is 4.79 Å². The highest BCUT2D eigenvalue weighted by atomic mass is 16.1. The molecule has 5 heteroatoms. The van der Waals surface area contributed by atoms with E-state index in [1.807, 2.05) is 73.3 Å². The van der Waals surface area contributed by atoms with Gasteiger partial charge in [-0.2, -0.15) is 0 Å². The van der Waals surface area contributed by atoms with Crippen LogP contribution >= 0.6 is 0 Å². The Bertz CT molecular complexity index is 2010. The van der Waals surface area contributed by atoms with Gasteiger partial charge >= 0.3 is 0 Å². The number of carbonyl (C=O) groups excluding carboxylic acids is 1. The van der Waals surface area contributed by atoms with Gasteiger partial charge < -0.3 is 19.9 Å². The van der Waals surface area contributed by atoms with E-state index in [1.165, 1.54) is 10.8 Å².